The van der Waals surface area contributed by atoms with Crippen LogP contribution in [-0.2, 0) is 4.79 Å². The number of rotatable bonds is 4. The van der Waals surface area contributed by atoms with Crippen LogP contribution in [0.3, 0.4) is 0 Å². The quantitative estimate of drug-likeness (QED) is 0.884. The maximum Gasteiger partial charge on any atom is 0.223 e. The second kappa shape index (κ2) is 6.98. The number of benzene rings is 1. The average molecular weight is 346 g/mol. The molecule has 3 rings (SSSR count). The third-order valence-corrected chi connectivity index (χ3v) is 5.34. The summed E-state index contributed by atoms with van der Waals surface area (Å²) in [6.07, 6.45) is 2.51. The fourth-order valence-electron chi connectivity index (χ4n) is 3.90. The van der Waals surface area contributed by atoms with E-state index in [1.807, 2.05) is 43.0 Å². The summed E-state index contributed by atoms with van der Waals surface area (Å²) in [5.41, 5.74) is 4.26. The zero-order valence-electron chi connectivity index (χ0n) is 14.5. The molecule has 1 aliphatic heterocycles. The summed E-state index contributed by atoms with van der Waals surface area (Å²) in [7, 11) is 0. The highest BCUT2D eigenvalue weighted by Gasteiger charge is 2.32. The van der Waals surface area contributed by atoms with Gasteiger partial charge in [-0.1, -0.05) is 36.7 Å². The summed E-state index contributed by atoms with van der Waals surface area (Å²) in [4.78, 5) is 14.9. The van der Waals surface area contributed by atoms with Gasteiger partial charge in [-0.15, -0.1) is 0 Å². The van der Waals surface area contributed by atoms with Crippen molar-refractivity contribution in [2.24, 2.45) is 0 Å². The molecule has 0 aliphatic carbocycles. The lowest BCUT2D eigenvalue weighted by atomic mass is 9.95. The summed E-state index contributed by atoms with van der Waals surface area (Å²) >= 11 is 6.35. The molecular weight excluding hydrogens is 322 g/mol. The Labute approximate surface area is 148 Å². The molecule has 0 bridgehead atoms. The second-order valence-electron chi connectivity index (χ2n) is 6.72. The van der Waals surface area contributed by atoms with Crippen molar-refractivity contribution < 1.29 is 4.79 Å². The lowest BCUT2D eigenvalue weighted by Crippen LogP contribution is -2.31. The Kier molecular flexibility index (Phi) is 4.95. The number of hydrogen-bond donors (Lipinski definition) is 1. The van der Waals surface area contributed by atoms with E-state index in [1.165, 1.54) is 0 Å². The molecule has 2 aromatic rings. The Morgan fingerprint density at radius 2 is 2.17 bits per heavy atom. The number of carbonyl (C=O) groups excluding carboxylic acids is 1. The number of carbonyl (C=O) groups is 1. The van der Waals surface area contributed by atoms with Crippen LogP contribution in [0.25, 0.3) is 0 Å². The number of aromatic amines is 1. The molecule has 0 radical (unpaired) electrons. The Balaban J connectivity index is 1.76. The molecule has 0 unspecified atom stereocenters. The molecule has 24 heavy (non-hydrogen) atoms. The highest BCUT2D eigenvalue weighted by Crippen LogP contribution is 2.37. The van der Waals surface area contributed by atoms with Gasteiger partial charge in [-0.2, -0.15) is 5.10 Å². The monoisotopic (exact) mass is 345 g/mol. The number of aromatic nitrogens is 2. The Morgan fingerprint density at radius 3 is 2.83 bits per heavy atom. The van der Waals surface area contributed by atoms with Gasteiger partial charge in [0.15, 0.2) is 0 Å². The van der Waals surface area contributed by atoms with Crippen LogP contribution in [0.2, 0.25) is 5.02 Å². The van der Waals surface area contributed by atoms with Crippen molar-refractivity contribution in [2.45, 2.75) is 52.0 Å². The summed E-state index contributed by atoms with van der Waals surface area (Å²) < 4.78 is 0. The molecule has 1 N–H and O–H groups in total. The molecule has 1 saturated heterocycles. The molecule has 1 amide bonds. The molecule has 4 nitrogen and oxygen atoms in total. The zero-order chi connectivity index (χ0) is 17.3. The van der Waals surface area contributed by atoms with Crippen LogP contribution in [-0.4, -0.2) is 27.5 Å². The fourth-order valence-corrected chi connectivity index (χ4v) is 4.16. The Hall–Kier alpha value is -1.81. The molecule has 1 aromatic heterocycles. The van der Waals surface area contributed by atoms with E-state index in [9.17, 15) is 4.79 Å². The fraction of sp³-hybridized carbons (Fsp3) is 0.474. The lowest BCUT2D eigenvalue weighted by molar-refractivity contribution is -0.132. The van der Waals surface area contributed by atoms with Crippen molar-refractivity contribution in [3.05, 3.63) is 51.8 Å². The normalized spacial score (nSPS) is 18.8. The number of hydrogen-bond acceptors (Lipinski definition) is 2. The zero-order valence-corrected chi connectivity index (χ0v) is 15.2. The third kappa shape index (κ3) is 3.20. The highest BCUT2D eigenvalue weighted by molar-refractivity contribution is 6.31. The van der Waals surface area contributed by atoms with Gasteiger partial charge in [0.05, 0.1) is 11.7 Å². The first-order chi connectivity index (χ1) is 11.5. The lowest BCUT2D eigenvalue weighted by Gasteiger charge is -2.27. The van der Waals surface area contributed by atoms with E-state index >= 15 is 0 Å². The number of amides is 1. The van der Waals surface area contributed by atoms with Crippen LogP contribution in [0.1, 0.15) is 60.7 Å². The van der Waals surface area contributed by atoms with Gasteiger partial charge in [-0.25, -0.2) is 0 Å². The number of halogens is 1. The van der Waals surface area contributed by atoms with Gasteiger partial charge in [0.2, 0.25) is 5.91 Å². The van der Waals surface area contributed by atoms with Gasteiger partial charge in [-0.3, -0.25) is 9.89 Å². The number of nitrogens with one attached hydrogen (secondary N) is 1. The first-order valence-corrected chi connectivity index (χ1v) is 8.92. The first kappa shape index (κ1) is 17.0. The van der Waals surface area contributed by atoms with Crippen LogP contribution >= 0.6 is 11.6 Å². The highest BCUT2D eigenvalue weighted by atomic mass is 35.5. The Morgan fingerprint density at radius 1 is 1.42 bits per heavy atom. The minimum absolute atomic E-state index is 0.102. The van der Waals surface area contributed by atoms with E-state index in [1.54, 1.807) is 0 Å². The van der Waals surface area contributed by atoms with Crippen molar-refractivity contribution in [1.82, 2.24) is 15.1 Å². The van der Waals surface area contributed by atoms with Gasteiger partial charge < -0.3 is 4.90 Å². The van der Waals surface area contributed by atoms with Gasteiger partial charge in [0.25, 0.3) is 0 Å². The number of likely N-dealkylation sites (tertiary alicyclic amines) is 1. The van der Waals surface area contributed by atoms with Crippen LogP contribution in [0, 0.1) is 13.8 Å². The van der Waals surface area contributed by atoms with Gasteiger partial charge >= 0.3 is 0 Å². The summed E-state index contributed by atoms with van der Waals surface area (Å²) in [6, 6.07) is 7.96. The SMILES string of the molecule is Cc1n[nH]c(C)c1[C@H](C)CC(=O)N1CCC[C@@H]1c1ccccc1Cl. The largest absolute Gasteiger partial charge is 0.336 e. The van der Waals surface area contributed by atoms with E-state index in [0.717, 1.165) is 46.9 Å². The molecule has 2 heterocycles. The van der Waals surface area contributed by atoms with Crippen molar-refractivity contribution in [1.29, 1.82) is 0 Å². The molecule has 128 valence electrons. The first-order valence-electron chi connectivity index (χ1n) is 8.54. The van der Waals surface area contributed by atoms with Gasteiger partial charge in [0, 0.05) is 23.7 Å². The second-order valence-corrected chi connectivity index (χ2v) is 7.13. The average Bonchev–Trinajstić information content (AvgIpc) is 3.14. The predicted octanol–water partition coefficient (Wildman–Crippen LogP) is 4.54. The molecule has 5 heteroatoms. The predicted molar refractivity (Wildman–Crippen MR) is 96.2 cm³/mol. The van der Waals surface area contributed by atoms with E-state index in [-0.39, 0.29) is 17.9 Å². The molecule has 1 aliphatic rings. The number of aryl methyl sites for hydroxylation is 2. The molecule has 1 aromatic carbocycles. The maximum atomic E-state index is 12.9. The minimum atomic E-state index is 0.102. The third-order valence-electron chi connectivity index (χ3n) is 5.00. The van der Waals surface area contributed by atoms with E-state index < -0.39 is 0 Å². The topological polar surface area (TPSA) is 49.0 Å². The number of H-pyrrole nitrogens is 1. The smallest absolute Gasteiger partial charge is 0.223 e. The van der Waals surface area contributed by atoms with E-state index in [2.05, 4.69) is 17.1 Å². The summed E-state index contributed by atoms with van der Waals surface area (Å²) in [5.74, 6) is 0.355. The maximum absolute atomic E-state index is 12.9. The van der Waals surface area contributed by atoms with Crippen molar-refractivity contribution in [3.8, 4) is 0 Å². The number of nitrogens with zero attached hydrogens (tertiary/aromatic N) is 2. The molecule has 1 fully saturated rings. The van der Waals surface area contributed by atoms with Gasteiger partial charge in [0.1, 0.15) is 0 Å². The van der Waals surface area contributed by atoms with Crippen molar-refractivity contribution >= 4 is 17.5 Å². The van der Waals surface area contributed by atoms with Crippen LogP contribution < -0.4 is 0 Å². The van der Waals surface area contributed by atoms with E-state index in [4.69, 9.17) is 11.6 Å². The summed E-state index contributed by atoms with van der Waals surface area (Å²) in [6.45, 7) is 6.91. The van der Waals surface area contributed by atoms with Crippen molar-refractivity contribution in [3.63, 3.8) is 0 Å². The summed E-state index contributed by atoms with van der Waals surface area (Å²) in [5, 5.41) is 8.01. The van der Waals surface area contributed by atoms with E-state index in [0.29, 0.717) is 6.42 Å². The van der Waals surface area contributed by atoms with Gasteiger partial charge in [-0.05, 0) is 49.8 Å². The van der Waals surface area contributed by atoms with Crippen LogP contribution in [0.15, 0.2) is 24.3 Å². The molecule has 0 saturated carbocycles. The van der Waals surface area contributed by atoms with Crippen molar-refractivity contribution in [2.75, 3.05) is 6.54 Å². The molecule has 0 spiro atoms. The van der Waals surface area contributed by atoms with Crippen LogP contribution in [0.4, 0.5) is 0 Å². The minimum Gasteiger partial charge on any atom is -0.336 e. The Bertz CT molecular complexity index is 720. The standard InChI is InChI=1S/C19H24ClN3O/c1-12(19-13(2)21-22-14(19)3)11-18(24)23-10-6-9-17(23)15-7-4-5-8-16(15)20/h4-5,7-8,12,17H,6,9-11H2,1-3H3,(H,21,22)/t12-,17-/m1/s1. The molecular formula is C19H24ClN3O. The molecule has 2 atom stereocenters. The van der Waals surface area contributed by atoms with Crippen LogP contribution in [0.5, 0.6) is 0 Å².